The average molecular weight is 324 g/mol. The first kappa shape index (κ1) is 14.1. The number of carbonyl (C=O) groups excluding carboxylic acids is 1. The normalized spacial score (nSPS) is 16.4. The molecular weight excluding hydrogens is 308 g/mol. The Morgan fingerprint density at radius 2 is 1.48 bits per heavy atom. The van der Waals surface area contributed by atoms with E-state index in [9.17, 15) is 4.79 Å². The fraction of sp³-hybridized carbons (Fsp3) is 0.0455. The molecule has 1 aliphatic rings. The van der Waals surface area contributed by atoms with Gasteiger partial charge in [0.05, 0.1) is 6.04 Å². The quantitative estimate of drug-likeness (QED) is 0.558. The van der Waals surface area contributed by atoms with Crippen LogP contribution in [0.25, 0.3) is 10.9 Å². The van der Waals surface area contributed by atoms with Gasteiger partial charge in [0.25, 0.3) is 5.91 Å². The Balaban J connectivity index is 1.78. The van der Waals surface area contributed by atoms with E-state index in [1.54, 1.807) is 0 Å². The fourth-order valence-corrected chi connectivity index (χ4v) is 3.80. The summed E-state index contributed by atoms with van der Waals surface area (Å²) in [6.07, 6.45) is 2.03. The number of nitrogens with zero attached hydrogens (tertiary/aromatic N) is 1. The summed E-state index contributed by atoms with van der Waals surface area (Å²) in [5, 5.41) is 1.15. The first-order valence-electron chi connectivity index (χ1n) is 8.38. The molecule has 3 nitrogen and oxygen atoms in total. The van der Waals surface area contributed by atoms with Crippen LogP contribution in [0.15, 0.2) is 85.1 Å². The Morgan fingerprint density at radius 1 is 0.760 bits per heavy atom. The highest BCUT2D eigenvalue weighted by Crippen LogP contribution is 2.43. The molecule has 1 atom stereocenters. The molecule has 0 saturated carbocycles. The number of fused-ring (bicyclic) bond motifs is 2. The number of hydrogen-bond donors (Lipinski definition) is 1. The number of anilines is 1. The number of rotatable bonds is 2. The number of aromatic amines is 1. The van der Waals surface area contributed by atoms with Crippen LogP contribution >= 0.6 is 0 Å². The third-order valence-electron chi connectivity index (χ3n) is 4.91. The van der Waals surface area contributed by atoms with Crippen LogP contribution < -0.4 is 4.90 Å². The lowest BCUT2D eigenvalue weighted by molar-refractivity contribution is 0.0993. The van der Waals surface area contributed by atoms with E-state index in [0.29, 0.717) is 0 Å². The molecular formula is C22H16N2O. The second-order valence-electron chi connectivity index (χ2n) is 6.29. The highest BCUT2D eigenvalue weighted by Gasteiger charge is 2.39. The average Bonchev–Trinajstić information content (AvgIpc) is 3.22. The summed E-state index contributed by atoms with van der Waals surface area (Å²) in [7, 11) is 0. The molecule has 0 unspecified atom stereocenters. The van der Waals surface area contributed by atoms with Crippen molar-refractivity contribution in [3.8, 4) is 0 Å². The fourth-order valence-electron chi connectivity index (χ4n) is 3.80. The van der Waals surface area contributed by atoms with Gasteiger partial charge in [0.1, 0.15) is 0 Å². The molecule has 0 saturated heterocycles. The molecule has 1 aliphatic heterocycles. The van der Waals surface area contributed by atoms with Gasteiger partial charge in [0.2, 0.25) is 0 Å². The second-order valence-corrected chi connectivity index (χ2v) is 6.29. The topological polar surface area (TPSA) is 36.1 Å². The molecule has 2 heterocycles. The first-order chi connectivity index (χ1) is 12.3. The molecule has 3 aromatic carbocycles. The Morgan fingerprint density at radius 3 is 2.36 bits per heavy atom. The predicted octanol–water partition coefficient (Wildman–Crippen LogP) is 4.92. The number of aromatic nitrogens is 1. The molecule has 0 radical (unpaired) electrons. The Labute approximate surface area is 145 Å². The highest BCUT2D eigenvalue weighted by molar-refractivity contribution is 6.12. The second kappa shape index (κ2) is 5.35. The number of nitrogens with one attached hydrogen (secondary N) is 1. The van der Waals surface area contributed by atoms with Gasteiger partial charge in [-0.3, -0.25) is 9.69 Å². The summed E-state index contributed by atoms with van der Waals surface area (Å²) in [6, 6.07) is 25.9. The smallest absolute Gasteiger partial charge is 0.259 e. The summed E-state index contributed by atoms with van der Waals surface area (Å²) in [4.78, 5) is 18.4. The van der Waals surface area contributed by atoms with Gasteiger partial charge in [-0.05, 0) is 29.8 Å². The summed E-state index contributed by atoms with van der Waals surface area (Å²) in [5.41, 5.74) is 4.96. The van der Waals surface area contributed by atoms with E-state index in [1.165, 1.54) is 0 Å². The van der Waals surface area contributed by atoms with Crippen LogP contribution in [0.4, 0.5) is 5.69 Å². The van der Waals surface area contributed by atoms with Crippen molar-refractivity contribution in [1.82, 2.24) is 4.98 Å². The highest BCUT2D eigenvalue weighted by atomic mass is 16.2. The molecule has 4 aromatic rings. The number of carbonyl (C=O) groups is 1. The maximum absolute atomic E-state index is 13.2. The van der Waals surface area contributed by atoms with Crippen LogP contribution in [-0.2, 0) is 0 Å². The summed E-state index contributed by atoms with van der Waals surface area (Å²) in [6.45, 7) is 0. The Hall–Kier alpha value is -3.33. The van der Waals surface area contributed by atoms with Crippen molar-refractivity contribution < 1.29 is 4.79 Å². The lowest BCUT2D eigenvalue weighted by Gasteiger charge is -2.25. The van der Waals surface area contributed by atoms with E-state index in [-0.39, 0.29) is 11.9 Å². The van der Waals surface area contributed by atoms with Crippen LogP contribution in [0, 0.1) is 0 Å². The molecule has 120 valence electrons. The van der Waals surface area contributed by atoms with E-state index in [1.807, 2.05) is 71.8 Å². The molecule has 1 aromatic heterocycles. The molecule has 1 amide bonds. The molecule has 0 spiro atoms. The van der Waals surface area contributed by atoms with Gasteiger partial charge in [0.15, 0.2) is 0 Å². The predicted molar refractivity (Wildman–Crippen MR) is 99.8 cm³/mol. The van der Waals surface area contributed by atoms with Gasteiger partial charge in [-0.15, -0.1) is 0 Å². The zero-order valence-corrected chi connectivity index (χ0v) is 13.5. The van der Waals surface area contributed by atoms with Crippen molar-refractivity contribution in [2.24, 2.45) is 0 Å². The van der Waals surface area contributed by atoms with Crippen LogP contribution in [0.5, 0.6) is 0 Å². The number of benzene rings is 3. The third-order valence-corrected chi connectivity index (χ3v) is 4.91. The van der Waals surface area contributed by atoms with Gasteiger partial charge in [-0.25, -0.2) is 0 Å². The number of amides is 1. The van der Waals surface area contributed by atoms with Crippen LogP contribution in [0.1, 0.15) is 27.5 Å². The molecule has 5 rings (SSSR count). The van der Waals surface area contributed by atoms with Crippen LogP contribution in [-0.4, -0.2) is 10.9 Å². The number of hydrogen-bond acceptors (Lipinski definition) is 1. The zero-order chi connectivity index (χ0) is 16.8. The van der Waals surface area contributed by atoms with Gasteiger partial charge in [0, 0.05) is 33.9 Å². The lowest BCUT2D eigenvalue weighted by Crippen LogP contribution is -2.28. The lowest BCUT2D eigenvalue weighted by atomic mass is 9.97. The molecule has 1 N–H and O–H groups in total. The van der Waals surface area contributed by atoms with Crippen LogP contribution in [0.2, 0.25) is 0 Å². The van der Waals surface area contributed by atoms with E-state index in [4.69, 9.17) is 0 Å². The summed E-state index contributed by atoms with van der Waals surface area (Å²) < 4.78 is 0. The maximum Gasteiger partial charge on any atom is 0.259 e. The number of H-pyrrole nitrogens is 1. The minimum Gasteiger partial charge on any atom is -0.361 e. The Kier molecular flexibility index (Phi) is 3.01. The van der Waals surface area contributed by atoms with Gasteiger partial charge in [-0.2, -0.15) is 0 Å². The monoisotopic (exact) mass is 324 g/mol. The van der Waals surface area contributed by atoms with Crippen molar-refractivity contribution in [1.29, 1.82) is 0 Å². The van der Waals surface area contributed by atoms with Gasteiger partial charge in [-0.1, -0.05) is 54.6 Å². The molecule has 25 heavy (non-hydrogen) atoms. The van der Waals surface area contributed by atoms with Crippen molar-refractivity contribution in [2.45, 2.75) is 6.04 Å². The van der Waals surface area contributed by atoms with E-state index >= 15 is 0 Å². The standard InChI is InChI=1S/C22H16N2O/c25-22-18-12-5-4-11-17(18)21(24(22)15-8-2-1-3-9-15)19-14-23-20-13-7-6-10-16(19)20/h1-14,21,23H/t21-/m1/s1. The van der Waals surface area contributed by atoms with E-state index in [2.05, 4.69) is 23.2 Å². The van der Waals surface area contributed by atoms with E-state index < -0.39 is 0 Å². The van der Waals surface area contributed by atoms with Crippen molar-refractivity contribution in [3.63, 3.8) is 0 Å². The molecule has 0 aliphatic carbocycles. The largest absolute Gasteiger partial charge is 0.361 e. The molecule has 0 fully saturated rings. The maximum atomic E-state index is 13.2. The SMILES string of the molecule is O=C1c2ccccc2[C@H](c2c[nH]c3ccccc23)N1c1ccccc1. The van der Waals surface area contributed by atoms with Crippen molar-refractivity contribution in [3.05, 3.63) is 102 Å². The summed E-state index contributed by atoms with van der Waals surface area (Å²) in [5.74, 6) is 0.0529. The third kappa shape index (κ3) is 2.02. The zero-order valence-electron chi connectivity index (χ0n) is 13.5. The molecule has 3 heteroatoms. The minimum absolute atomic E-state index is 0.0529. The van der Waals surface area contributed by atoms with Gasteiger partial charge < -0.3 is 4.98 Å². The summed E-state index contributed by atoms with van der Waals surface area (Å²) >= 11 is 0. The molecule has 0 bridgehead atoms. The number of para-hydroxylation sites is 2. The van der Waals surface area contributed by atoms with Gasteiger partial charge >= 0.3 is 0 Å². The Bertz CT molecular complexity index is 1080. The first-order valence-corrected chi connectivity index (χ1v) is 8.38. The van der Waals surface area contributed by atoms with E-state index in [0.717, 1.165) is 33.3 Å². The van der Waals surface area contributed by atoms with Crippen molar-refractivity contribution in [2.75, 3.05) is 4.90 Å². The minimum atomic E-state index is -0.123. The van der Waals surface area contributed by atoms with Crippen LogP contribution in [0.3, 0.4) is 0 Å². The van der Waals surface area contributed by atoms with Crippen molar-refractivity contribution >= 4 is 22.5 Å².